The average Bonchev–Trinajstić information content (AvgIpc) is 2.48. The first-order valence-electron chi connectivity index (χ1n) is 7.00. The molecular weight excluding hydrogens is 356 g/mol. The maximum Gasteiger partial charge on any atom is 0.241 e. The Hall–Kier alpha value is -0.470. The van der Waals surface area contributed by atoms with E-state index in [1.165, 1.54) is 0 Å². The Labute approximate surface area is 134 Å². The summed E-state index contributed by atoms with van der Waals surface area (Å²) in [7, 11) is -3.55. The number of hydrogen-bond donors (Lipinski definition) is 2. The molecule has 0 aromatic heterocycles. The van der Waals surface area contributed by atoms with Gasteiger partial charge in [-0.25, -0.2) is 13.1 Å². The van der Waals surface area contributed by atoms with Crippen LogP contribution in [0.1, 0.15) is 24.0 Å². The topological polar surface area (TPSA) is 81.4 Å². The number of sulfonamides is 1. The molecule has 3 N–H and O–H groups in total. The van der Waals surface area contributed by atoms with E-state index in [1.807, 2.05) is 13.0 Å². The summed E-state index contributed by atoms with van der Waals surface area (Å²) >= 11 is 3.36. The number of halogens is 1. The van der Waals surface area contributed by atoms with Crippen LogP contribution in [0.5, 0.6) is 0 Å². The highest BCUT2D eigenvalue weighted by molar-refractivity contribution is 9.10. The van der Waals surface area contributed by atoms with Gasteiger partial charge in [0.25, 0.3) is 0 Å². The van der Waals surface area contributed by atoms with E-state index in [2.05, 4.69) is 20.7 Å². The van der Waals surface area contributed by atoms with Gasteiger partial charge in [0.05, 0.1) is 11.5 Å². The Balaban J connectivity index is 2.16. The van der Waals surface area contributed by atoms with E-state index in [4.69, 9.17) is 10.5 Å². The lowest BCUT2D eigenvalue weighted by atomic mass is 10.0. The second-order valence-corrected chi connectivity index (χ2v) is 7.89. The number of nitrogens with two attached hydrogens (primary N) is 1. The maximum atomic E-state index is 12.5. The summed E-state index contributed by atoms with van der Waals surface area (Å²) in [5, 5.41) is 0. The third-order valence-electron chi connectivity index (χ3n) is 3.62. The van der Waals surface area contributed by atoms with Crippen molar-refractivity contribution in [3.05, 3.63) is 27.7 Å². The zero-order valence-electron chi connectivity index (χ0n) is 12.1. The molecule has 7 heteroatoms. The lowest BCUT2D eigenvalue weighted by molar-refractivity contribution is 0.0568. The van der Waals surface area contributed by atoms with Gasteiger partial charge in [-0.15, -0.1) is 0 Å². The van der Waals surface area contributed by atoms with Gasteiger partial charge in [0.2, 0.25) is 10.0 Å². The first-order valence-corrected chi connectivity index (χ1v) is 9.28. The first-order chi connectivity index (χ1) is 9.94. The summed E-state index contributed by atoms with van der Waals surface area (Å²) in [6, 6.07) is 3.51. The summed E-state index contributed by atoms with van der Waals surface area (Å²) in [6.07, 6.45) is 1.98. The Morgan fingerprint density at radius 3 is 2.86 bits per heavy atom. The van der Waals surface area contributed by atoms with Crippen LogP contribution < -0.4 is 10.5 Å². The van der Waals surface area contributed by atoms with Crippen LogP contribution in [-0.4, -0.2) is 28.2 Å². The van der Waals surface area contributed by atoms with Crippen molar-refractivity contribution in [2.45, 2.75) is 31.2 Å². The van der Waals surface area contributed by atoms with Crippen molar-refractivity contribution in [2.75, 3.05) is 19.8 Å². The van der Waals surface area contributed by atoms with Gasteiger partial charge in [-0.2, -0.15) is 0 Å². The molecule has 1 saturated heterocycles. The number of benzene rings is 1. The van der Waals surface area contributed by atoms with Gasteiger partial charge in [-0.3, -0.25) is 0 Å². The molecule has 1 aliphatic rings. The molecule has 0 radical (unpaired) electrons. The van der Waals surface area contributed by atoms with Gasteiger partial charge in [0, 0.05) is 24.2 Å². The number of rotatable bonds is 5. The van der Waals surface area contributed by atoms with Crippen LogP contribution in [0.2, 0.25) is 0 Å². The SMILES string of the molecule is Cc1cc(CN)cc(S(=O)(=O)NCC2CCCOC2)c1Br. The van der Waals surface area contributed by atoms with Crippen LogP contribution in [0.15, 0.2) is 21.5 Å². The molecule has 5 nitrogen and oxygen atoms in total. The molecule has 1 aliphatic heterocycles. The zero-order valence-corrected chi connectivity index (χ0v) is 14.5. The Morgan fingerprint density at radius 2 is 2.24 bits per heavy atom. The molecule has 118 valence electrons. The van der Waals surface area contributed by atoms with Crippen molar-refractivity contribution in [3.8, 4) is 0 Å². The van der Waals surface area contributed by atoms with Gasteiger partial charge in [-0.05, 0) is 58.8 Å². The Morgan fingerprint density at radius 1 is 1.48 bits per heavy atom. The second-order valence-electron chi connectivity index (χ2n) is 5.36. The molecule has 1 fully saturated rings. The van der Waals surface area contributed by atoms with Crippen LogP contribution in [0.3, 0.4) is 0 Å². The standard InChI is InChI=1S/C14H21BrN2O3S/c1-10-5-12(7-16)6-13(14(10)15)21(18,19)17-8-11-3-2-4-20-9-11/h5-6,11,17H,2-4,7-9,16H2,1H3. The highest BCUT2D eigenvalue weighted by Crippen LogP contribution is 2.27. The summed E-state index contributed by atoms with van der Waals surface area (Å²) < 4.78 is 33.6. The quantitative estimate of drug-likeness (QED) is 0.822. The average molecular weight is 377 g/mol. The van der Waals surface area contributed by atoms with Gasteiger partial charge in [-0.1, -0.05) is 6.07 Å². The van der Waals surface area contributed by atoms with E-state index < -0.39 is 10.0 Å². The molecule has 1 atom stereocenters. The molecule has 0 bridgehead atoms. The molecule has 1 aromatic rings. The molecular formula is C14H21BrN2O3S. The minimum atomic E-state index is -3.55. The molecule has 0 amide bonds. The largest absolute Gasteiger partial charge is 0.381 e. The molecule has 1 unspecified atom stereocenters. The van der Waals surface area contributed by atoms with Crippen molar-refractivity contribution in [3.63, 3.8) is 0 Å². The van der Waals surface area contributed by atoms with Crippen molar-refractivity contribution in [1.82, 2.24) is 4.72 Å². The number of hydrogen-bond acceptors (Lipinski definition) is 4. The lowest BCUT2D eigenvalue weighted by Crippen LogP contribution is -2.33. The van der Waals surface area contributed by atoms with Crippen molar-refractivity contribution < 1.29 is 13.2 Å². The van der Waals surface area contributed by atoms with Gasteiger partial charge in [0.1, 0.15) is 0 Å². The monoisotopic (exact) mass is 376 g/mol. The predicted molar refractivity (Wildman–Crippen MR) is 85.5 cm³/mol. The van der Waals surface area contributed by atoms with E-state index in [1.54, 1.807) is 6.07 Å². The molecule has 0 saturated carbocycles. The highest BCUT2D eigenvalue weighted by Gasteiger charge is 2.22. The van der Waals surface area contributed by atoms with Crippen LogP contribution in [0.4, 0.5) is 0 Å². The molecule has 0 aliphatic carbocycles. The Kier molecular flexibility index (Phi) is 5.79. The third-order valence-corrected chi connectivity index (χ3v) is 6.39. The smallest absolute Gasteiger partial charge is 0.241 e. The van der Waals surface area contributed by atoms with E-state index in [-0.39, 0.29) is 10.8 Å². The van der Waals surface area contributed by atoms with Gasteiger partial charge >= 0.3 is 0 Å². The number of ether oxygens (including phenoxy) is 1. The van der Waals surface area contributed by atoms with Crippen LogP contribution in [0, 0.1) is 12.8 Å². The van der Waals surface area contributed by atoms with E-state index in [0.717, 1.165) is 30.6 Å². The van der Waals surface area contributed by atoms with E-state index >= 15 is 0 Å². The van der Waals surface area contributed by atoms with Crippen LogP contribution >= 0.6 is 15.9 Å². The van der Waals surface area contributed by atoms with E-state index in [9.17, 15) is 8.42 Å². The molecule has 21 heavy (non-hydrogen) atoms. The fourth-order valence-corrected chi connectivity index (χ4v) is 4.58. The fourth-order valence-electron chi connectivity index (χ4n) is 2.40. The molecule has 0 spiro atoms. The summed E-state index contributed by atoms with van der Waals surface area (Å²) in [6.45, 7) is 3.96. The summed E-state index contributed by atoms with van der Waals surface area (Å²) in [5.41, 5.74) is 7.29. The van der Waals surface area contributed by atoms with Crippen LogP contribution in [0.25, 0.3) is 0 Å². The van der Waals surface area contributed by atoms with Gasteiger partial charge in [0.15, 0.2) is 0 Å². The van der Waals surface area contributed by atoms with Crippen molar-refractivity contribution in [2.24, 2.45) is 11.7 Å². The van der Waals surface area contributed by atoms with Crippen molar-refractivity contribution in [1.29, 1.82) is 0 Å². The van der Waals surface area contributed by atoms with Crippen LogP contribution in [-0.2, 0) is 21.3 Å². The van der Waals surface area contributed by atoms with E-state index in [0.29, 0.717) is 24.2 Å². The normalized spacial score (nSPS) is 19.7. The third kappa shape index (κ3) is 4.26. The fraction of sp³-hybridized carbons (Fsp3) is 0.571. The second kappa shape index (κ2) is 7.19. The van der Waals surface area contributed by atoms with Crippen molar-refractivity contribution >= 4 is 26.0 Å². The molecule has 2 rings (SSSR count). The Bertz CT molecular complexity index is 598. The molecule has 1 aromatic carbocycles. The minimum absolute atomic E-state index is 0.242. The highest BCUT2D eigenvalue weighted by atomic mass is 79.9. The number of aryl methyl sites for hydroxylation is 1. The summed E-state index contributed by atoms with van der Waals surface area (Å²) in [5.74, 6) is 0.242. The summed E-state index contributed by atoms with van der Waals surface area (Å²) in [4.78, 5) is 0.250. The minimum Gasteiger partial charge on any atom is -0.381 e. The predicted octanol–water partition coefficient (Wildman–Crippen LogP) is 1.92. The van der Waals surface area contributed by atoms with Gasteiger partial charge < -0.3 is 10.5 Å². The lowest BCUT2D eigenvalue weighted by Gasteiger charge is -2.22. The first kappa shape index (κ1) is 16.9. The number of nitrogens with one attached hydrogen (secondary N) is 1. The maximum absolute atomic E-state index is 12.5. The molecule has 1 heterocycles. The zero-order chi connectivity index (χ0) is 15.5.